The maximum atomic E-state index is 12.4. The molecule has 3 N–H and O–H groups in total. The zero-order chi connectivity index (χ0) is 23.5. The number of anilines is 1. The Labute approximate surface area is 179 Å². The first-order valence-electron chi connectivity index (χ1n) is 9.52. The first-order valence-corrected chi connectivity index (χ1v) is 9.52. The summed E-state index contributed by atoms with van der Waals surface area (Å²) in [6.45, 7) is 0.170. The largest absolute Gasteiger partial charge is 0.405 e. The van der Waals surface area contributed by atoms with Crippen LogP contribution < -0.4 is 21.9 Å². The summed E-state index contributed by atoms with van der Waals surface area (Å²) in [6, 6.07) is 10.6. The van der Waals surface area contributed by atoms with E-state index in [2.05, 4.69) is 10.3 Å². The lowest BCUT2D eigenvalue weighted by molar-refractivity contribution is -0.123. The highest BCUT2D eigenvalue weighted by Gasteiger charge is 2.28. The predicted molar refractivity (Wildman–Crippen MR) is 112 cm³/mol. The predicted octanol–water partition coefficient (Wildman–Crippen LogP) is 2.32. The minimum absolute atomic E-state index is 0.0211. The van der Waals surface area contributed by atoms with Gasteiger partial charge in [-0.05, 0) is 36.8 Å². The molecule has 8 nitrogen and oxygen atoms in total. The Hall–Kier alpha value is -3.89. The Morgan fingerprint density at radius 1 is 1.09 bits per heavy atom. The quantitative estimate of drug-likeness (QED) is 0.537. The summed E-state index contributed by atoms with van der Waals surface area (Å²) in [5, 5.41) is 4.67. The summed E-state index contributed by atoms with van der Waals surface area (Å²) in [5.41, 5.74) is 0.0147. The number of H-pyrrole nitrogens is 1. The lowest BCUT2D eigenvalue weighted by atomic mass is 10.1. The number of hydrogen-bond donors (Lipinski definition) is 3. The summed E-state index contributed by atoms with van der Waals surface area (Å²) in [5.74, 6) is -1.41. The van der Waals surface area contributed by atoms with Crippen LogP contribution in [-0.4, -0.2) is 34.1 Å². The average molecular weight is 448 g/mol. The van der Waals surface area contributed by atoms with E-state index in [4.69, 9.17) is 0 Å². The van der Waals surface area contributed by atoms with Gasteiger partial charge in [-0.1, -0.05) is 18.2 Å². The van der Waals surface area contributed by atoms with E-state index in [1.54, 1.807) is 36.5 Å². The van der Waals surface area contributed by atoms with Gasteiger partial charge in [-0.2, -0.15) is 13.2 Å². The molecule has 3 aromatic rings. The standard InChI is InChI=1S/C21H19F3N4O4/c1-12-6-7-13(18(30)25-11-21(22,23)24)10-15(12)26-17(29)8-9-28-16-5-3-2-4-14(16)19(31)27-20(28)32/h2-7,10H,8-9,11H2,1H3,(H,25,30)(H,26,29)(H,27,31,32). The zero-order valence-corrected chi connectivity index (χ0v) is 16.9. The maximum absolute atomic E-state index is 12.4. The van der Waals surface area contributed by atoms with Crippen molar-refractivity contribution in [2.75, 3.05) is 11.9 Å². The Morgan fingerprint density at radius 3 is 2.53 bits per heavy atom. The molecule has 0 aliphatic heterocycles. The highest BCUT2D eigenvalue weighted by molar-refractivity contribution is 5.97. The van der Waals surface area contributed by atoms with Crippen molar-refractivity contribution in [3.63, 3.8) is 0 Å². The number of carbonyl (C=O) groups is 2. The monoisotopic (exact) mass is 448 g/mol. The highest BCUT2D eigenvalue weighted by Crippen LogP contribution is 2.18. The molecule has 168 valence electrons. The van der Waals surface area contributed by atoms with Crippen LogP contribution in [0.2, 0.25) is 0 Å². The van der Waals surface area contributed by atoms with Gasteiger partial charge in [0.05, 0.1) is 10.9 Å². The third kappa shape index (κ3) is 5.42. The number of fused-ring (bicyclic) bond motifs is 1. The van der Waals surface area contributed by atoms with Gasteiger partial charge >= 0.3 is 11.9 Å². The number of alkyl halides is 3. The number of benzene rings is 2. The van der Waals surface area contributed by atoms with Crippen LogP contribution in [0.1, 0.15) is 22.3 Å². The molecule has 2 amide bonds. The van der Waals surface area contributed by atoms with Gasteiger partial charge in [0.25, 0.3) is 11.5 Å². The van der Waals surface area contributed by atoms with E-state index < -0.39 is 35.8 Å². The molecule has 0 atom stereocenters. The van der Waals surface area contributed by atoms with Crippen molar-refractivity contribution in [2.45, 2.75) is 26.1 Å². The number of nitrogens with zero attached hydrogens (tertiary/aromatic N) is 1. The molecule has 2 aromatic carbocycles. The minimum atomic E-state index is -4.54. The first kappa shape index (κ1) is 22.8. The fourth-order valence-corrected chi connectivity index (χ4v) is 3.07. The van der Waals surface area contributed by atoms with Crippen molar-refractivity contribution < 1.29 is 22.8 Å². The Kier molecular flexibility index (Phi) is 6.47. The van der Waals surface area contributed by atoms with Crippen molar-refractivity contribution in [1.29, 1.82) is 0 Å². The molecule has 32 heavy (non-hydrogen) atoms. The molecule has 0 aliphatic rings. The van der Waals surface area contributed by atoms with Crippen LogP contribution in [0.4, 0.5) is 18.9 Å². The van der Waals surface area contributed by atoms with E-state index in [0.717, 1.165) is 0 Å². The summed E-state index contributed by atoms with van der Waals surface area (Å²) in [6.07, 6.45) is -4.67. The van der Waals surface area contributed by atoms with Gasteiger partial charge in [-0.3, -0.25) is 23.9 Å². The molecular weight excluding hydrogens is 429 g/mol. The second-order valence-electron chi connectivity index (χ2n) is 7.05. The van der Waals surface area contributed by atoms with Crippen LogP contribution in [0.5, 0.6) is 0 Å². The number of aromatic nitrogens is 2. The van der Waals surface area contributed by atoms with Gasteiger partial charge in [0.15, 0.2) is 0 Å². The van der Waals surface area contributed by atoms with E-state index in [0.29, 0.717) is 16.5 Å². The van der Waals surface area contributed by atoms with Crippen LogP contribution in [0, 0.1) is 6.92 Å². The van der Waals surface area contributed by atoms with E-state index >= 15 is 0 Å². The van der Waals surface area contributed by atoms with E-state index in [1.807, 2.05) is 0 Å². The average Bonchev–Trinajstić information content (AvgIpc) is 2.73. The number of nitrogens with one attached hydrogen (secondary N) is 3. The maximum Gasteiger partial charge on any atom is 0.405 e. The summed E-state index contributed by atoms with van der Waals surface area (Å²) < 4.78 is 38.2. The van der Waals surface area contributed by atoms with Crippen LogP contribution in [-0.2, 0) is 11.3 Å². The van der Waals surface area contributed by atoms with Crippen molar-refractivity contribution in [1.82, 2.24) is 14.9 Å². The number of hydrogen-bond acceptors (Lipinski definition) is 4. The number of para-hydroxylation sites is 1. The molecule has 0 fully saturated rings. The molecule has 0 saturated heterocycles. The number of halogens is 3. The molecule has 0 spiro atoms. The van der Waals surface area contributed by atoms with Gasteiger partial charge in [0.1, 0.15) is 6.54 Å². The second kappa shape index (κ2) is 9.08. The minimum Gasteiger partial charge on any atom is -0.343 e. The molecule has 3 rings (SSSR count). The van der Waals surface area contributed by atoms with Gasteiger partial charge in [0, 0.05) is 24.2 Å². The third-order valence-electron chi connectivity index (χ3n) is 4.69. The molecule has 1 aromatic heterocycles. The van der Waals surface area contributed by atoms with Crippen molar-refractivity contribution in [3.8, 4) is 0 Å². The molecule has 0 unspecified atom stereocenters. The van der Waals surface area contributed by atoms with Gasteiger partial charge in [0.2, 0.25) is 5.91 Å². The zero-order valence-electron chi connectivity index (χ0n) is 16.9. The SMILES string of the molecule is Cc1ccc(C(=O)NCC(F)(F)F)cc1NC(=O)CCn1c(=O)[nH]c(=O)c2ccccc21. The normalized spacial score (nSPS) is 11.4. The van der Waals surface area contributed by atoms with Crippen LogP contribution in [0.3, 0.4) is 0 Å². The molecule has 0 bridgehead atoms. The number of aryl methyl sites for hydroxylation is 2. The van der Waals surface area contributed by atoms with Crippen molar-refractivity contribution >= 4 is 28.4 Å². The fraction of sp³-hybridized carbons (Fsp3) is 0.238. The molecular formula is C21H19F3N4O4. The van der Waals surface area contributed by atoms with Crippen molar-refractivity contribution in [2.24, 2.45) is 0 Å². The molecule has 0 aliphatic carbocycles. The Morgan fingerprint density at radius 2 is 1.81 bits per heavy atom. The van der Waals surface area contributed by atoms with E-state index in [-0.39, 0.29) is 24.2 Å². The van der Waals surface area contributed by atoms with Crippen LogP contribution in [0.15, 0.2) is 52.1 Å². The topological polar surface area (TPSA) is 113 Å². The van der Waals surface area contributed by atoms with Gasteiger partial charge in [-0.15, -0.1) is 0 Å². The number of rotatable bonds is 6. The Bertz CT molecular complexity index is 1290. The highest BCUT2D eigenvalue weighted by atomic mass is 19.4. The van der Waals surface area contributed by atoms with E-state index in [9.17, 15) is 32.3 Å². The van der Waals surface area contributed by atoms with Gasteiger partial charge < -0.3 is 10.6 Å². The summed E-state index contributed by atoms with van der Waals surface area (Å²) in [7, 11) is 0. The molecule has 0 radical (unpaired) electrons. The third-order valence-corrected chi connectivity index (χ3v) is 4.69. The number of aromatic amines is 1. The number of carbonyl (C=O) groups excluding carboxylic acids is 2. The summed E-state index contributed by atoms with van der Waals surface area (Å²) in [4.78, 5) is 50.7. The van der Waals surface area contributed by atoms with E-state index in [1.165, 1.54) is 22.8 Å². The van der Waals surface area contributed by atoms with Crippen LogP contribution >= 0.6 is 0 Å². The Balaban J connectivity index is 1.72. The molecule has 11 heteroatoms. The van der Waals surface area contributed by atoms with Gasteiger partial charge in [-0.25, -0.2) is 4.79 Å². The number of amides is 2. The second-order valence-corrected chi connectivity index (χ2v) is 7.05. The van der Waals surface area contributed by atoms with Crippen molar-refractivity contribution in [3.05, 3.63) is 74.4 Å². The lowest BCUT2D eigenvalue weighted by Crippen LogP contribution is -2.33. The molecule has 0 saturated carbocycles. The fourth-order valence-electron chi connectivity index (χ4n) is 3.07. The first-order chi connectivity index (χ1) is 15.0. The molecule has 1 heterocycles. The van der Waals surface area contributed by atoms with Crippen LogP contribution in [0.25, 0.3) is 10.9 Å². The summed E-state index contributed by atoms with van der Waals surface area (Å²) >= 11 is 0. The lowest BCUT2D eigenvalue weighted by Gasteiger charge is -2.13. The smallest absolute Gasteiger partial charge is 0.343 e.